The number of aromatic nitrogens is 1. The summed E-state index contributed by atoms with van der Waals surface area (Å²) < 4.78 is 1.20. The van der Waals surface area contributed by atoms with E-state index < -0.39 is 0 Å². The summed E-state index contributed by atoms with van der Waals surface area (Å²) in [6.45, 7) is 0. The lowest BCUT2D eigenvalue weighted by molar-refractivity contribution is 0.761. The van der Waals surface area contributed by atoms with Crippen LogP contribution in [0, 0.1) is 0 Å². The Balaban J connectivity index is 1.90. The lowest BCUT2D eigenvalue weighted by Crippen LogP contribution is -2.07. The van der Waals surface area contributed by atoms with Gasteiger partial charge in [0.15, 0.2) is 5.15 Å². The summed E-state index contributed by atoms with van der Waals surface area (Å²) in [6.07, 6.45) is 3.88. The van der Waals surface area contributed by atoms with E-state index >= 15 is 0 Å². The van der Waals surface area contributed by atoms with Gasteiger partial charge in [0.2, 0.25) is 0 Å². The van der Waals surface area contributed by atoms with Gasteiger partial charge in [0.05, 0.1) is 11.7 Å². The molecule has 1 atom stereocenters. The second-order valence-corrected chi connectivity index (χ2v) is 5.60. The van der Waals surface area contributed by atoms with Crippen molar-refractivity contribution in [1.29, 1.82) is 0 Å². The van der Waals surface area contributed by atoms with E-state index in [0.717, 1.165) is 18.5 Å². The number of nitrogens with one attached hydrogen (secondary N) is 1. The van der Waals surface area contributed by atoms with Crippen molar-refractivity contribution in [1.82, 2.24) is 4.98 Å². The highest BCUT2D eigenvalue weighted by Gasteiger charge is 2.24. The molecule has 18 heavy (non-hydrogen) atoms. The lowest BCUT2D eigenvalue weighted by atomic mass is 10.1. The van der Waals surface area contributed by atoms with Crippen LogP contribution in [0.4, 0.5) is 5.69 Å². The molecule has 0 bridgehead atoms. The van der Waals surface area contributed by atoms with E-state index in [1.165, 1.54) is 15.6 Å². The van der Waals surface area contributed by atoms with Crippen molar-refractivity contribution in [2.24, 2.45) is 0 Å². The number of hydrogen-bond acceptors (Lipinski definition) is 2. The average Bonchev–Trinajstić information content (AvgIpc) is 2.77. The zero-order valence-corrected chi connectivity index (χ0v) is 12.0. The standard InChI is InChI=1S/C14H12BrClN2/c15-11-4-1-3-10-9(11)6-7-12(10)18-13-5-2-8-17-14(13)16/h1-5,8,12,18H,6-7H2. The van der Waals surface area contributed by atoms with Gasteiger partial charge in [-0.2, -0.15) is 0 Å². The van der Waals surface area contributed by atoms with E-state index in [1.807, 2.05) is 12.1 Å². The van der Waals surface area contributed by atoms with Crippen LogP contribution >= 0.6 is 27.5 Å². The normalized spacial score (nSPS) is 17.6. The Morgan fingerprint density at radius 1 is 1.28 bits per heavy atom. The molecule has 2 nitrogen and oxygen atoms in total. The summed E-state index contributed by atoms with van der Waals surface area (Å²) in [5, 5.41) is 4.01. The first-order valence-electron chi connectivity index (χ1n) is 5.90. The average molecular weight is 324 g/mol. The summed E-state index contributed by atoms with van der Waals surface area (Å²) in [7, 11) is 0. The van der Waals surface area contributed by atoms with E-state index in [-0.39, 0.29) is 0 Å². The van der Waals surface area contributed by atoms with Crippen LogP contribution in [-0.4, -0.2) is 4.98 Å². The maximum atomic E-state index is 6.08. The Kier molecular flexibility index (Phi) is 3.27. The Hall–Kier alpha value is -1.06. The highest BCUT2D eigenvalue weighted by Crippen LogP contribution is 2.38. The summed E-state index contributed by atoms with van der Waals surface area (Å²) >= 11 is 9.69. The minimum absolute atomic E-state index is 0.319. The third-order valence-electron chi connectivity index (χ3n) is 3.30. The van der Waals surface area contributed by atoms with E-state index in [2.05, 4.69) is 44.4 Å². The molecule has 3 rings (SSSR count). The highest BCUT2D eigenvalue weighted by atomic mass is 79.9. The molecule has 4 heteroatoms. The molecule has 0 saturated carbocycles. The molecule has 0 saturated heterocycles. The predicted molar refractivity (Wildman–Crippen MR) is 78.1 cm³/mol. The van der Waals surface area contributed by atoms with Gasteiger partial charge in [-0.05, 0) is 42.2 Å². The molecule has 0 fully saturated rings. The number of fused-ring (bicyclic) bond motifs is 1. The van der Waals surface area contributed by atoms with Gasteiger partial charge < -0.3 is 5.32 Å². The molecule has 0 amide bonds. The fourth-order valence-corrected chi connectivity index (χ4v) is 3.19. The van der Waals surface area contributed by atoms with Gasteiger partial charge in [-0.1, -0.05) is 39.7 Å². The molecular weight excluding hydrogens is 312 g/mol. The molecular formula is C14H12BrClN2. The van der Waals surface area contributed by atoms with Crippen molar-refractivity contribution < 1.29 is 0 Å². The van der Waals surface area contributed by atoms with Gasteiger partial charge in [-0.25, -0.2) is 4.98 Å². The van der Waals surface area contributed by atoms with Crippen LogP contribution in [0.1, 0.15) is 23.6 Å². The van der Waals surface area contributed by atoms with Crippen molar-refractivity contribution in [3.05, 3.63) is 57.3 Å². The molecule has 1 aliphatic carbocycles. The zero-order valence-electron chi connectivity index (χ0n) is 9.66. The highest BCUT2D eigenvalue weighted by molar-refractivity contribution is 9.10. The summed E-state index contributed by atoms with van der Waals surface area (Å²) in [5.74, 6) is 0. The molecule has 0 aliphatic heterocycles. The number of nitrogens with zero attached hydrogens (tertiary/aromatic N) is 1. The topological polar surface area (TPSA) is 24.9 Å². The van der Waals surface area contributed by atoms with Crippen LogP contribution in [0.3, 0.4) is 0 Å². The van der Waals surface area contributed by atoms with Crippen LogP contribution in [-0.2, 0) is 6.42 Å². The predicted octanol–water partition coefficient (Wildman–Crippen LogP) is 4.60. The van der Waals surface area contributed by atoms with Crippen LogP contribution in [0.2, 0.25) is 5.15 Å². The van der Waals surface area contributed by atoms with E-state index in [1.54, 1.807) is 6.20 Å². The van der Waals surface area contributed by atoms with Crippen LogP contribution in [0.5, 0.6) is 0 Å². The number of benzene rings is 1. The minimum atomic E-state index is 0.319. The van der Waals surface area contributed by atoms with Gasteiger partial charge in [0, 0.05) is 10.7 Å². The third kappa shape index (κ3) is 2.13. The quantitative estimate of drug-likeness (QED) is 0.817. The number of pyridine rings is 1. The molecule has 1 aliphatic rings. The van der Waals surface area contributed by atoms with E-state index in [0.29, 0.717) is 11.2 Å². The summed E-state index contributed by atoms with van der Waals surface area (Å²) in [6, 6.07) is 10.5. The minimum Gasteiger partial charge on any atom is -0.376 e. The monoisotopic (exact) mass is 322 g/mol. The maximum absolute atomic E-state index is 6.08. The molecule has 1 N–H and O–H groups in total. The van der Waals surface area contributed by atoms with Gasteiger partial charge >= 0.3 is 0 Å². The van der Waals surface area contributed by atoms with Gasteiger partial charge in [0.25, 0.3) is 0 Å². The first kappa shape index (κ1) is 12.0. The summed E-state index contributed by atoms with van der Waals surface area (Å²) in [5.41, 5.74) is 3.65. The number of anilines is 1. The molecule has 92 valence electrons. The van der Waals surface area contributed by atoms with Crippen molar-refractivity contribution >= 4 is 33.2 Å². The number of rotatable bonds is 2. The lowest BCUT2D eigenvalue weighted by Gasteiger charge is -2.16. The van der Waals surface area contributed by atoms with Crippen molar-refractivity contribution in [3.8, 4) is 0 Å². The second-order valence-electron chi connectivity index (χ2n) is 4.38. The molecule has 0 radical (unpaired) electrons. The Morgan fingerprint density at radius 2 is 2.17 bits per heavy atom. The summed E-state index contributed by atoms with van der Waals surface area (Å²) in [4.78, 5) is 4.09. The third-order valence-corrected chi connectivity index (χ3v) is 4.35. The van der Waals surface area contributed by atoms with Gasteiger partial charge in [-0.15, -0.1) is 0 Å². The van der Waals surface area contributed by atoms with Crippen molar-refractivity contribution in [2.75, 3.05) is 5.32 Å². The van der Waals surface area contributed by atoms with Crippen molar-refractivity contribution in [2.45, 2.75) is 18.9 Å². The number of halogens is 2. The molecule has 0 spiro atoms. The van der Waals surface area contributed by atoms with E-state index in [4.69, 9.17) is 11.6 Å². The SMILES string of the molecule is Clc1ncccc1NC1CCc2c(Br)cccc21. The molecule has 1 aromatic heterocycles. The first-order valence-corrected chi connectivity index (χ1v) is 7.07. The van der Waals surface area contributed by atoms with Gasteiger partial charge in [-0.3, -0.25) is 0 Å². The fraction of sp³-hybridized carbons (Fsp3) is 0.214. The Bertz CT molecular complexity index is 586. The fourth-order valence-electron chi connectivity index (χ4n) is 2.44. The Morgan fingerprint density at radius 3 is 3.00 bits per heavy atom. The number of hydrogen-bond donors (Lipinski definition) is 1. The Labute approximate surface area is 120 Å². The smallest absolute Gasteiger partial charge is 0.152 e. The molecule has 1 aromatic carbocycles. The molecule has 1 heterocycles. The van der Waals surface area contributed by atoms with Crippen LogP contribution in [0.15, 0.2) is 41.0 Å². The van der Waals surface area contributed by atoms with Gasteiger partial charge in [0.1, 0.15) is 0 Å². The zero-order chi connectivity index (χ0) is 12.5. The van der Waals surface area contributed by atoms with Crippen LogP contribution < -0.4 is 5.32 Å². The van der Waals surface area contributed by atoms with E-state index in [9.17, 15) is 0 Å². The molecule has 2 aromatic rings. The first-order chi connectivity index (χ1) is 8.75. The van der Waals surface area contributed by atoms with Crippen molar-refractivity contribution in [3.63, 3.8) is 0 Å². The largest absolute Gasteiger partial charge is 0.376 e. The maximum Gasteiger partial charge on any atom is 0.152 e. The van der Waals surface area contributed by atoms with Crippen LogP contribution in [0.25, 0.3) is 0 Å². The molecule has 1 unspecified atom stereocenters. The second kappa shape index (κ2) is 4.90.